The molecule has 0 radical (unpaired) electrons. The zero-order chi connectivity index (χ0) is 11.7. The van der Waals surface area contributed by atoms with Gasteiger partial charge in [0.25, 0.3) is 0 Å². The first-order chi connectivity index (χ1) is 7.63. The second kappa shape index (κ2) is 4.04. The molecule has 1 aliphatic carbocycles. The van der Waals surface area contributed by atoms with E-state index in [1.807, 2.05) is 13.0 Å². The molecule has 1 unspecified atom stereocenters. The van der Waals surface area contributed by atoms with Crippen LogP contribution in [0.15, 0.2) is 12.3 Å². The van der Waals surface area contributed by atoms with Crippen LogP contribution >= 0.6 is 0 Å². The second-order valence-electron chi connectivity index (χ2n) is 3.86. The summed E-state index contributed by atoms with van der Waals surface area (Å²) in [6.07, 6.45) is 1.99. The lowest BCUT2D eigenvalue weighted by Crippen LogP contribution is -2.23. The molecule has 0 spiro atoms. The highest BCUT2D eigenvalue weighted by molar-refractivity contribution is 6.12. The van der Waals surface area contributed by atoms with Gasteiger partial charge in [0.1, 0.15) is 5.92 Å². The summed E-state index contributed by atoms with van der Waals surface area (Å²) in [5, 5.41) is 0. The van der Waals surface area contributed by atoms with Crippen LogP contribution in [0.4, 0.5) is 0 Å². The Morgan fingerprint density at radius 2 is 2.38 bits per heavy atom. The minimum absolute atomic E-state index is 0.166. The molecule has 0 saturated carbocycles. The molecule has 0 saturated heterocycles. The van der Waals surface area contributed by atoms with E-state index in [1.54, 1.807) is 13.1 Å². The maximum Gasteiger partial charge on any atom is 0.317 e. The Bertz CT molecular complexity index is 454. The third-order valence-electron chi connectivity index (χ3n) is 2.70. The van der Waals surface area contributed by atoms with Crippen molar-refractivity contribution < 1.29 is 14.3 Å². The number of rotatable bonds is 2. The van der Waals surface area contributed by atoms with Gasteiger partial charge < -0.3 is 4.74 Å². The SMILES string of the molecule is CCOC(=O)C1Cc2cc(C)ncc2C1=O. The van der Waals surface area contributed by atoms with E-state index in [2.05, 4.69) is 4.98 Å². The van der Waals surface area contributed by atoms with Crippen LogP contribution in [0.25, 0.3) is 0 Å². The largest absolute Gasteiger partial charge is 0.465 e. The van der Waals surface area contributed by atoms with Crippen molar-refractivity contribution in [1.29, 1.82) is 0 Å². The minimum Gasteiger partial charge on any atom is -0.465 e. The van der Waals surface area contributed by atoms with Crippen molar-refractivity contribution in [2.75, 3.05) is 6.61 Å². The van der Waals surface area contributed by atoms with Crippen LogP contribution in [0.1, 0.15) is 28.5 Å². The topological polar surface area (TPSA) is 56.3 Å². The zero-order valence-corrected chi connectivity index (χ0v) is 9.32. The van der Waals surface area contributed by atoms with Gasteiger partial charge in [-0.15, -0.1) is 0 Å². The second-order valence-corrected chi connectivity index (χ2v) is 3.86. The van der Waals surface area contributed by atoms with Crippen LogP contribution in [-0.4, -0.2) is 23.3 Å². The summed E-state index contributed by atoms with van der Waals surface area (Å²) in [7, 11) is 0. The number of nitrogens with zero attached hydrogens (tertiary/aromatic N) is 1. The van der Waals surface area contributed by atoms with Gasteiger partial charge in [0, 0.05) is 17.5 Å². The first-order valence-corrected chi connectivity index (χ1v) is 5.30. The van der Waals surface area contributed by atoms with Gasteiger partial charge in [0.05, 0.1) is 6.61 Å². The monoisotopic (exact) mass is 219 g/mol. The van der Waals surface area contributed by atoms with E-state index in [4.69, 9.17) is 4.74 Å². The summed E-state index contributed by atoms with van der Waals surface area (Å²) < 4.78 is 4.88. The summed E-state index contributed by atoms with van der Waals surface area (Å²) in [5.41, 5.74) is 2.32. The van der Waals surface area contributed by atoms with E-state index in [9.17, 15) is 9.59 Å². The van der Waals surface area contributed by atoms with Gasteiger partial charge in [-0.1, -0.05) is 0 Å². The molecule has 1 heterocycles. The molecule has 84 valence electrons. The molecular weight excluding hydrogens is 206 g/mol. The molecule has 0 N–H and O–H groups in total. The van der Waals surface area contributed by atoms with Crippen LogP contribution < -0.4 is 0 Å². The standard InChI is InChI=1S/C12H13NO3/c1-3-16-12(15)9-5-8-4-7(2)13-6-10(8)11(9)14/h4,6,9H,3,5H2,1-2H3. The Kier molecular flexibility index (Phi) is 2.73. The molecule has 1 aromatic rings. The number of pyridine rings is 1. The van der Waals surface area contributed by atoms with Gasteiger partial charge in [-0.25, -0.2) is 0 Å². The van der Waals surface area contributed by atoms with Crippen LogP contribution in [0, 0.1) is 12.8 Å². The predicted molar refractivity (Wildman–Crippen MR) is 57.1 cm³/mol. The predicted octanol–water partition coefficient (Wildman–Crippen LogP) is 1.31. The third kappa shape index (κ3) is 1.71. The Morgan fingerprint density at radius 3 is 3.06 bits per heavy atom. The number of ketones is 1. The Balaban J connectivity index is 2.27. The minimum atomic E-state index is -0.668. The summed E-state index contributed by atoms with van der Waals surface area (Å²) in [6.45, 7) is 3.90. The average molecular weight is 219 g/mol. The van der Waals surface area contributed by atoms with Crippen molar-refractivity contribution in [3.8, 4) is 0 Å². The molecule has 0 aliphatic heterocycles. The summed E-state index contributed by atoms with van der Waals surface area (Å²) in [5.74, 6) is -1.26. The molecule has 1 atom stereocenters. The smallest absolute Gasteiger partial charge is 0.317 e. The highest BCUT2D eigenvalue weighted by Gasteiger charge is 2.37. The Labute approximate surface area is 93.6 Å². The number of hydrogen-bond donors (Lipinski definition) is 0. The maximum absolute atomic E-state index is 11.9. The number of esters is 1. The molecule has 1 aromatic heterocycles. The number of Topliss-reactive ketones (excluding diaryl/α,β-unsaturated/α-hetero) is 1. The van der Waals surface area contributed by atoms with E-state index in [-0.39, 0.29) is 5.78 Å². The molecule has 16 heavy (non-hydrogen) atoms. The van der Waals surface area contributed by atoms with Crippen molar-refractivity contribution in [1.82, 2.24) is 4.98 Å². The normalized spacial score (nSPS) is 18.4. The first kappa shape index (κ1) is 10.8. The molecule has 0 aromatic carbocycles. The molecule has 4 nitrogen and oxygen atoms in total. The average Bonchev–Trinajstić information content (AvgIpc) is 2.56. The molecule has 0 bridgehead atoms. The van der Waals surface area contributed by atoms with E-state index in [0.29, 0.717) is 18.6 Å². The quantitative estimate of drug-likeness (QED) is 0.556. The molecule has 1 aliphatic rings. The lowest BCUT2D eigenvalue weighted by atomic mass is 10.1. The van der Waals surface area contributed by atoms with Gasteiger partial charge in [0.15, 0.2) is 5.78 Å². The highest BCUT2D eigenvalue weighted by atomic mass is 16.5. The van der Waals surface area contributed by atoms with Gasteiger partial charge in [-0.2, -0.15) is 0 Å². The summed E-state index contributed by atoms with van der Waals surface area (Å²) in [4.78, 5) is 27.5. The Morgan fingerprint density at radius 1 is 1.62 bits per heavy atom. The fourth-order valence-electron chi connectivity index (χ4n) is 1.94. The number of aryl methyl sites for hydroxylation is 1. The molecule has 0 fully saturated rings. The number of fused-ring (bicyclic) bond motifs is 1. The van der Waals surface area contributed by atoms with E-state index < -0.39 is 11.9 Å². The van der Waals surface area contributed by atoms with Crippen molar-refractivity contribution >= 4 is 11.8 Å². The van der Waals surface area contributed by atoms with E-state index in [0.717, 1.165) is 11.3 Å². The van der Waals surface area contributed by atoms with Gasteiger partial charge >= 0.3 is 5.97 Å². The van der Waals surface area contributed by atoms with Crippen molar-refractivity contribution in [2.45, 2.75) is 20.3 Å². The van der Waals surface area contributed by atoms with E-state index >= 15 is 0 Å². The van der Waals surface area contributed by atoms with Crippen molar-refractivity contribution in [2.24, 2.45) is 5.92 Å². The first-order valence-electron chi connectivity index (χ1n) is 5.30. The fourth-order valence-corrected chi connectivity index (χ4v) is 1.94. The lowest BCUT2D eigenvalue weighted by molar-refractivity contribution is -0.145. The van der Waals surface area contributed by atoms with Crippen molar-refractivity contribution in [3.05, 3.63) is 29.1 Å². The van der Waals surface area contributed by atoms with Crippen LogP contribution in [0.3, 0.4) is 0 Å². The van der Waals surface area contributed by atoms with Gasteiger partial charge in [-0.05, 0) is 31.9 Å². The third-order valence-corrected chi connectivity index (χ3v) is 2.70. The number of ether oxygens (including phenoxy) is 1. The Hall–Kier alpha value is -1.71. The van der Waals surface area contributed by atoms with Gasteiger partial charge in [-0.3, -0.25) is 14.6 Å². The van der Waals surface area contributed by atoms with Crippen molar-refractivity contribution in [3.63, 3.8) is 0 Å². The number of aromatic nitrogens is 1. The molecule has 2 rings (SSSR count). The van der Waals surface area contributed by atoms with Crippen LogP contribution in [-0.2, 0) is 16.0 Å². The van der Waals surface area contributed by atoms with Crippen LogP contribution in [0.5, 0.6) is 0 Å². The summed E-state index contributed by atoms with van der Waals surface area (Å²) in [6, 6.07) is 1.85. The molecular formula is C12H13NO3. The fraction of sp³-hybridized carbons (Fsp3) is 0.417. The lowest BCUT2D eigenvalue weighted by Gasteiger charge is -2.05. The van der Waals surface area contributed by atoms with Crippen LogP contribution in [0.2, 0.25) is 0 Å². The number of carbonyl (C=O) groups is 2. The number of carbonyl (C=O) groups excluding carboxylic acids is 2. The number of hydrogen-bond acceptors (Lipinski definition) is 4. The zero-order valence-electron chi connectivity index (χ0n) is 9.32. The summed E-state index contributed by atoms with van der Waals surface area (Å²) >= 11 is 0. The van der Waals surface area contributed by atoms with Gasteiger partial charge in [0.2, 0.25) is 0 Å². The molecule has 4 heteroatoms. The molecule has 0 amide bonds. The van der Waals surface area contributed by atoms with E-state index in [1.165, 1.54) is 0 Å². The highest BCUT2D eigenvalue weighted by Crippen LogP contribution is 2.27. The maximum atomic E-state index is 11.9.